The molecule has 0 aliphatic carbocycles. The first-order chi connectivity index (χ1) is 12.1. The SMILES string of the molecule is C#Cc1cc(CCCCNC(=O)OCc2ccccc2)cc(Cl)c1F. The lowest BCUT2D eigenvalue weighted by Gasteiger charge is -2.08. The smallest absolute Gasteiger partial charge is 0.407 e. The van der Waals surface area contributed by atoms with Gasteiger partial charge in [0.15, 0.2) is 5.82 Å². The highest BCUT2D eigenvalue weighted by atomic mass is 35.5. The van der Waals surface area contributed by atoms with Crippen molar-refractivity contribution in [3.8, 4) is 12.3 Å². The summed E-state index contributed by atoms with van der Waals surface area (Å²) in [5.41, 5.74) is 1.99. The number of amides is 1. The van der Waals surface area contributed by atoms with Gasteiger partial charge in [0.2, 0.25) is 0 Å². The fourth-order valence-corrected chi connectivity index (χ4v) is 2.56. The lowest BCUT2D eigenvalue weighted by molar-refractivity contribution is 0.139. The Hall–Kier alpha value is -2.51. The molecule has 0 heterocycles. The Morgan fingerprint density at radius 2 is 1.96 bits per heavy atom. The summed E-state index contributed by atoms with van der Waals surface area (Å²) in [6.45, 7) is 0.750. The van der Waals surface area contributed by atoms with Crippen LogP contribution < -0.4 is 5.32 Å². The lowest BCUT2D eigenvalue weighted by atomic mass is 10.0. The Bertz CT molecular complexity index is 756. The molecule has 0 aromatic heterocycles. The average Bonchev–Trinajstić information content (AvgIpc) is 2.63. The number of unbranched alkanes of at least 4 members (excludes halogenated alkanes) is 1. The molecule has 2 aromatic carbocycles. The number of ether oxygens (including phenoxy) is 1. The van der Waals surface area contributed by atoms with Crippen LogP contribution in [0.5, 0.6) is 0 Å². The predicted octanol–water partition coefficient (Wildman–Crippen LogP) is 4.71. The van der Waals surface area contributed by atoms with Gasteiger partial charge in [-0.1, -0.05) is 47.9 Å². The molecule has 2 aromatic rings. The Kier molecular flexibility index (Phi) is 7.31. The van der Waals surface area contributed by atoms with Crippen LogP contribution in [0.4, 0.5) is 9.18 Å². The van der Waals surface area contributed by atoms with Crippen molar-refractivity contribution in [2.45, 2.75) is 25.9 Å². The van der Waals surface area contributed by atoms with Crippen LogP contribution in [0.2, 0.25) is 5.02 Å². The fraction of sp³-hybridized carbons (Fsp3) is 0.250. The second kappa shape index (κ2) is 9.71. The number of aryl methyl sites for hydroxylation is 1. The van der Waals surface area contributed by atoms with Gasteiger partial charge < -0.3 is 10.1 Å². The molecule has 0 atom stereocenters. The van der Waals surface area contributed by atoms with Crippen molar-refractivity contribution in [1.29, 1.82) is 0 Å². The van der Waals surface area contributed by atoms with E-state index < -0.39 is 11.9 Å². The summed E-state index contributed by atoms with van der Waals surface area (Å²) in [6, 6.07) is 12.7. The quantitative estimate of drug-likeness (QED) is 0.574. The minimum absolute atomic E-state index is 0.0352. The lowest BCUT2D eigenvalue weighted by Crippen LogP contribution is -2.25. The van der Waals surface area contributed by atoms with Gasteiger partial charge in [-0.3, -0.25) is 0 Å². The highest BCUT2D eigenvalue weighted by Crippen LogP contribution is 2.21. The van der Waals surface area contributed by atoms with Crippen molar-refractivity contribution in [3.05, 3.63) is 70.0 Å². The van der Waals surface area contributed by atoms with E-state index >= 15 is 0 Å². The summed E-state index contributed by atoms with van der Waals surface area (Å²) >= 11 is 5.82. The van der Waals surface area contributed by atoms with Crippen LogP contribution in [0, 0.1) is 18.2 Å². The number of halogens is 2. The predicted molar refractivity (Wildman–Crippen MR) is 96.9 cm³/mol. The molecule has 0 unspecified atom stereocenters. The van der Waals surface area contributed by atoms with Crippen LogP contribution in [0.3, 0.4) is 0 Å². The summed E-state index contributed by atoms with van der Waals surface area (Å²) in [4.78, 5) is 11.6. The van der Waals surface area contributed by atoms with Crippen molar-refractivity contribution in [2.75, 3.05) is 6.54 Å². The fourth-order valence-electron chi connectivity index (χ4n) is 2.31. The third-order valence-electron chi connectivity index (χ3n) is 3.62. The van der Waals surface area contributed by atoms with Crippen molar-refractivity contribution in [1.82, 2.24) is 5.32 Å². The molecule has 0 radical (unpaired) electrons. The topological polar surface area (TPSA) is 38.3 Å². The van der Waals surface area contributed by atoms with E-state index in [2.05, 4.69) is 11.2 Å². The van der Waals surface area contributed by atoms with Crippen molar-refractivity contribution in [2.24, 2.45) is 0 Å². The van der Waals surface area contributed by atoms with Crippen molar-refractivity contribution >= 4 is 17.7 Å². The zero-order chi connectivity index (χ0) is 18.1. The number of nitrogens with one attached hydrogen (secondary N) is 1. The standard InChI is InChI=1S/C20H19ClFNO2/c1-2-17-12-16(13-18(21)19(17)22)10-6-7-11-23-20(24)25-14-15-8-4-3-5-9-15/h1,3-5,8-9,12-13H,6-7,10-11,14H2,(H,23,24). The van der Waals surface area contributed by atoms with Crippen LogP contribution in [-0.2, 0) is 17.8 Å². The molecule has 0 fully saturated rings. The van der Waals surface area contributed by atoms with Gasteiger partial charge in [0.25, 0.3) is 0 Å². The van der Waals surface area contributed by atoms with Gasteiger partial charge >= 0.3 is 6.09 Å². The van der Waals surface area contributed by atoms with E-state index in [0.29, 0.717) is 13.0 Å². The summed E-state index contributed by atoms with van der Waals surface area (Å²) < 4.78 is 18.7. The molecule has 2 rings (SSSR count). The molecular weight excluding hydrogens is 341 g/mol. The number of hydrogen-bond donors (Lipinski definition) is 1. The molecule has 0 saturated carbocycles. The largest absolute Gasteiger partial charge is 0.445 e. The third kappa shape index (κ3) is 6.13. The Morgan fingerprint density at radius 3 is 2.68 bits per heavy atom. The maximum absolute atomic E-state index is 13.6. The number of hydrogen-bond acceptors (Lipinski definition) is 2. The molecule has 0 saturated heterocycles. The average molecular weight is 360 g/mol. The molecule has 130 valence electrons. The van der Waals surface area contributed by atoms with Gasteiger partial charge in [0, 0.05) is 6.54 Å². The van der Waals surface area contributed by atoms with E-state index in [0.717, 1.165) is 24.0 Å². The number of carbonyl (C=O) groups excluding carboxylic acids is 1. The monoisotopic (exact) mass is 359 g/mol. The van der Waals surface area contributed by atoms with E-state index in [1.807, 2.05) is 30.3 Å². The molecule has 5 heteroatoms. The first kappa shape index (κ1) is 18.8. The van der Waals surface area contributed by atoms with Crippen LogP contribution in [0.25, 0.3) is 0 Å². The third-order valence-corrected chi connectivity index (χ3v) is 3.89. The van der Waals surface area contributed by atoms with Gasteiger partial charge in [-0.15, -0.1) is 6.42 Å². The normalized spacial score (nSPS) is 10.1. The molecule has 0 bridgehead atoms. The summed E-state index contributed by atoms with van der Waals surface area (Å²) in [5, 5.41) is 2.74. The Labute approximate surface area is 152 Å². The second-order valence-electron chi connectivity index (χ2n) is 5.53. The minimum atomic E-state index is -0.559. The van der Waals surface area contributed by atoms with Crippen molar-refractivity contribution in [3.63, 3.8) is 0 Å². The van der Waals surface area contributed by atoms with Gasteiger partial charge in [-0.2, -0.15) is 0 Å². The molecule has 0 aliphatic rings. The maximum atomic E-state index is 13.6. The first-order valence-electron chi connectivity index (χ1n) is 7.99. The van der Waals surface area contributed by atoms with E-state index in [4.69, 9.17) is 22.8 Å². The van der Waals surface area contributed by atoms with Gasteiger partial charge in [-0.25, -0.2) is 9.18 Å². The van der Waals surface area contributed by atoms with E-state index in [-0.39, 0.29) is 17.2 Å². The maximum Gasteiger partial charge on any atom is 0.407 e. The minimum Gasteiger partial charge on any atom is -0.445 e. The summed E-state index contributed by atoms with van der Waals surface area (Å²) in [7, 11) is 0. The molecule has 1 amide bonds. The van der Waals surface area contributed by atoms with Gasteiger partial charge in [0.05, 0.1) is 10.6 Å². The number of alkyl carbamates (subject to hydrolysis) is 1. The highest BCUT2D eigenvalue weighted by Gasteiger charge is 2.08. The Morgan fingerprint density at radius 1 is 1.20 bits per heavy atom. The molecule has 1 N–H and O–H groups in total. The number of carbonyl (C=O) groups is 1. The van der Waals surface area contributed by atoms with Crippen LogP contribution in [0.15, 0.2) is 42.5 Å². The second-order valence-corrected chi connectivity index (χ2v) is 5.94. The molecular formula is C20H19ClFNO2. The molecule has 0 spiro atoms. The summed E-state index contributed by atoms with van der Waals surface area (Å²) in [5.74, 6) is 1.73. The highest BCUT2D eigenvalue weighted by molar-refractivity contribution is 6.30. The Balaban J connectivity index is 1.66. The van der Waals surface area contributed by atoms with E-state index in [1.54, 1.807) is 12.1 Å². The molecule has 25 heavy (non-hydrogen) atoms. The van der Waals surface area contributed by atoms with Crippen LogP contribution in [-0.4, -0.2) is 12.6 Å². The number of benzene rings is 2. The van der Waals surface area contributed by atoms with Crippen molar-refractivity contribution < 1.29 is 13.9 Å². The van der Waals surface area contributed by atoms with E-state index in [9.17, 15) is 9.18 Å². The summed E-state index contributed by atoms with van der Waals surface area (Å²) in [6.07, 6.45) is 7.10. The zero-order valence-corrected chi connectivity index (χ0v) is 14.5. The van der Waals surface area contributed by atoms with Gasteiger partial charge in [0.1, 0.15) is 6.61 Å². The number of terminal acetylenes is 1. The van der Waals surface area contributed by atoms with Crippen LogP contribution in [0.1, 0.15) is 29.5 Å². The first-order valence-corrected chi connectivity index (χ1v) is 8.37. The number of rotatable bonds is 7. The molecule has 0 aliphatic heterocycles. The van der Waals surface area contributed by atoms with E-state index in [1.165, 1.54) is 0 Å². The zero-order valence-electron chi connectivity index (χ0n) is 13.7. The van der Waals surface area contributed by atoms with Gasteiger partial charge in [-0.05, 0) is 42.5 Å². The molecule has 3 nitrogen and oxygen atoms in total. The van der Waals surface area contributed by atoms with Crippen LogP contribution >= 0.6 is 11.6 Å².